The van der Waals surface area contributed by atoms with E-state index in [-0.39, 0.29) is 5.84 Å². The Labute approximate surface area is 93.9 Å². The van der Waals surface area contributed by atoms with E-state index in [1.54, 1.807) is 0 Å². The Balaban J connectivity index is 1.84. The van der Waals surface area contributed by atoms with Gasteiger partial charge in [-0.1, -0.05) is 30.3 Å². The topological polar surface area (TPSA) is 67.8 Å². The standard InChI is InChI=1S/C12H13N3O/c13-11-10(14-12(16)15-11)8-4-7-9-5-2-1-3-6-9/h1-3,5-6H,4,7-8H2,(H2,13,15,16). The normalized spacial score (nSPS) is 14.9. The Bertz CT molecular complexity index is 449. The first-order valence-electron chi connectivity index (χ1n) is 5.26. The third kappa shape index (κ3) is 2.53. The molecule has 1 aromatic rings. The number of amides is 2. The van der Waals surface area contributed by atoms with Crippen LogP contribution in [0.3, 0.4) is 0 Å². The lowest BCUT2D eigenvalue weighted by Crippen LogP contribution is -2.20. The number of benzene rings is 1. The summed E-state index contributed by atoms with van der Waals surface area (Å²) in [5, 5.41) is 0. The molecule has 0 unspecified atom stereocenters. The van der Waals surface area contributed by atoms with Gasteiger partial charge in [0.25, 0.3) is 0 Å². The Hall–Kier alpha value is -1.97. The Morgan fingerprint density at radius 1 is 1.06 bits per heavy atom. The predicted octanol–water partition coefficient (Wildman–Crippen LogP) is 1.94. The highest BCUT2D eigenvalue weighted by atomic mass is 16.2. The zero-order valence-electron chi connectivity index (χ0n) is 8.89. The maximum atomic E-state index is 10.8. The van der Waals surface area contributed by atoms with Crippen LogP contribution in [-0.2, 0) is 6.42 Å². The second-order valence-electron chi connectivity index (χ2n) is 3.68. The van der Waals surface area contributed by atoms with Crippen LogP contribution in [0.2, 0.25) is 0 Å². The number of nitrogens with two attached hydrogens (primary N) is 1. The van der Waals surface area contributed by atoms with Crippen LogP contribution in [0.15, 0.2) is 40.3 Å². The highest BCUT2D eigenvalue weighted by molar-refractivity contribution is 6.46. The van der Waals surface area contributed by atoms with Gasteiger partial charge in [0.2, 0.25) is 0 Å². The summed E-state index contributed by atoms with van der Waals surface area (Å²) in [5.41, 5.74) is 7.45. The fourth-order valence-corrected chi connectivity index (χ4v) is 1.65. The molecule has 2 amide bonds. The minimum atomic E-state index is -0.479. The Morgan fingerprint density at radius 3 is 2.44 bits per heavy atom. The summed E-state index contributed by atoms with van der Waals surface area (Å²) in [6, 6.07) is 9.71. The van der Waals surface area contributed by atoms with E-state index in [0.29, 0.717) is 12.1 Å². The minimum absolute atomic E-state index is 0.276. The predicted molar refractivity (Wildman–Crippen MR) is 63.8 cm³/mol. The van der Waals surface area contributed by atoms with Crippen LogP contribution in [-0.4, -0.2) is 17.6 Å². The molecule has 4 nitrogen and oxygen atoms in total. The molecule has 16 heavy (non-hydrogen) atoms. The van der Waals surface area contributed by atoms with Crippen molar-refractivity contribution in [3.8, 4) is 0 Å². The molecule has 2 rings (SSSR count). The van der Waals surface area contributed by atoms with Crippen LogP contribution < -0.4 is 5.73 Å². The average molecular weight is 215 g/mol. The summed E-state index contributed by atoms with van der Waals surface area (Å²) in [6.45, 7) is 0. The number of carbonyl (C=O) groups excluding carboxylic acids is 1. The van der Waals surface area contributed by atoms with Gasteiger partial charge >= 0.3 is 6.03 Å². The maximum absolute atomic E-state index is 10.8. The first-order chi connectivity index (χ1) is 7.75. The lowest BCUT2D eigenvalue weighted by molar-refractivity contribution is 0.257. The minimum Gasteiger partial charge on any atom is -0.382 e. The van der Waals surface area contributed by atoms with Gasteiger partial charge in [-0.15, -0.1) is 0 Å². The van der Waals surface area contributed by atoms with Gasteiger partial charge in [0.1, 0.15) is 0 Å². The second-order valence-corrected chi connectivity index (χ2v) is 3.68. The Kier molecular flexibility index (Phi) is 3.10. The van der Waals surface area contributed by atoms with Crippen molar-refractivity contribution >= 4 is 17.6 Å². The molecular formula is C12H13N3O. The maximum Gasteiger partial charge on any atom is 0.369 e. The molecule has 1 aliphatic heterocycles. The SMILES string of the molecule is NC1=NC(=O)N=C1CCCc1ccccc1. The lowest BCUT2D eigenvalue weighted by atomic mass is 10.1. The number of hydrogen-bond acceptors (Lipinski definition) is 2. The van der Waals surface area contributed by atoms with E-state index in [2.05, 4.69) is 22.1 Å². The van der Waals surface area contributed by atoms with Gasteiger partial charge in [0.15, 0.2) is 5.84 Å². The highest BCUT2D eigenvalue weighted by Gasteiger charge is 2.15. The van der Waals surface area contributed by atoms with E-state index < -0.39 is 6.03 Å². The van der Waals surface area contributed by atoms with E-state index in [4.69, 9.17) is 5.73 Å². The summed E-state index contributed by atoms with van der Waals surface area (Å²) in [7, 11) is 0. The first-order valence-corrected chi connectivity index (χ1v) is 5.26. The zero-order valence-corrected chi connectivity index (χ0v) is 8.89. The van der Waals surface area contributed by atoms with Gasteiger partial charge in [-0.05, 0) is 24.8 Å². The number of aryl methyl sites for hydroxylation is 1. The second kappa shape index (κ2) is 4.70. The first kappa shape index (κ1) is 10.5. The molecule has 1 aromatic carbocycles. The van der Waals surface area contributed by atoms with E-state index in [9.17, 15) is 4.79 Å². The lowest BCUT2D eigenvalue weighted by Gasteiger charge is -2.01. The van der Waals surface area contributed by atoms with Crippen LogP contribution in [0, 0.1) is 0 Å². The zero-order chi connectivity index (χ0) is 11.4. The molecule has 0 aliphatic carbocycles. The van der Waals surface area contributed by atoms with Crippen molar-refractivity contribution in [3.63, 3.8) is 0 Å². The van der Waals surface area contributed by atoms with E-state index in [1.807, 2.05) is 18.2 Å². The molecular weight excluding hydrogens is 202 g/mol. The summed E-state index contributed by atoms with van der Waals surface area (Å²) in [4.78, 5) is 18.1. The number of urea groups is 1. The molecule has 4 heteroatoms. The van der Waals surface area contributed by atoms with Crippen LogP contribution in [0.5, 0.6) is 0 Å². The number of aliphatic imine (C=N–C) groups is 2. The van der Waals surface area contributed by atoms with Crippen molar-refractivity contribution in [2.24, 2.45) is 15.7 Å². The van der Waals surface area contributed by atoms with Crippen molar-refractivity contribution < 1.29 is 4.79 Å². The van der Waals surface area contributed by atoms with E-state index >= 15 is 0 Å². The van der Waals surface area contributed by atoms with Crippen molar-refractivity contribution in [3.05, 3.63) is 35.9 Å². The number of nitrogens with zero attached hydrogens (tertiary/aromatic N) is 2. The molecule has 82 valence electrons. The third-order valence-corrected chi connectivity index (χ3v) is 2.46. The van der Waals surface area contributed by atoms with Gasteiger partial charge in [-0.2, -0.15) is 9.98 Å². The van der Waals surface area contributed by atoms with Gasteiger partial charge in [-0.3, -0.25) is 0 Å². The number of amidine groups is 1. The molecule has 2 N–H and O–H groups in total. The molecule has 0 atom stereocenters. The van der Waals surface area contributed by atoms with Crippen LogP contribution in [0.1, 0.15) is 18.4 Å². The summed E-state index contributed by atoms with van der Waals surface area (Å²) in [5.74, 6) is 0.276. The largest absolute Gasteiger partial charge is 0.382 e. The monoisotopic (exact) mass is 215 g/mol. The fraction of sp³-hybridized carbons (Fsp3) is 0.250. The van der Waals surface area contributed by atoms with Crippen LogP contribution in [0.25, 0.3) is 0 Å². The van der Waals surface area contributed by atoms with Crippen molar-refractivity contribution in [2.45, 2.75) is 19.3 Å². The van der Waals surface area contributed by atoms with Crippen LogP contribution in [0.4, 0.5) is 4.79 Å². The van der Waals surface area contributed by atoms with Crippen molar-refractivity contribution in [1.82, 2.24) is 0 Å². The molecule has 0 saturated carbocycles. The molecule has 0 saturated heterocycles. The number of carbonyl (C=O) groups is 1. The Morgan fingerprint density at radius 2 is 1.81 bits per heavy atom. The number of rotatable bonds is 4. The third-order valence-electron chi connectivity index (χ3n) is 2.46. The van der Waals surface area contributed by atoms with Crippen LogP contribution >= 0.6 is 0 Å². The van der Waals surface area contributed by atoms with E-state index in [1.165, 1.54) is 5.56 Å². The summed E-state index contributed by atoms with van der Waals surface area (Å²) < 4.78 is 0. The van der Waals surface area contributed by atoms with Crippen molar-refractivity contribution in [2.75, 3.05) is 0 Å². The van der Waals surface area contributed by atoms with Gasteiger partial charge in [0, 0.05) is 0 Å². The summed E-state index contributed by atoms with van der Waals surface area (Å²) >= 11 is 0. The van der Waals surface area contributed by atoms with Gasteiger partial charge in [0.05, 0.1) is 5.71 Å². The molecule has 1 aliphatic rings. The molecule has 0 aromatic heterocycles. The highest BCUT2D eigenvalue weighted by Crippen LogP contribution is 2.08. The fourth-order valence-electron chi connectivity index (χ4n) is 1.65. The molecule has 0 bridgehead atoms. The molecule has 1 heterocycles. The van der Waals surface area contributed by atoms with Gasteiger partial charge < -0.3 is 5.73 Å². The smallest absolute Gasteiger partial charge is 0.369 e. The molecule has 0 radical (unpaired) electrons. The molecule has 0 spiro atoms. The van der Waals surface area contributed by atoms with E-state index in [0.717, 1.165) is 12.8 Å². The summed E-state index contributed by atoms with van der Waals surface area (Å²) in [6.07, 6.45) is 2.59. The average Bonchev–Trinajstić information content (AvgIpc) is 2.59. The quantitative estimate of drug-likeness (QED) is 0.833. The van der Waals surface area contributed by atoms with Gasteiger partial charge in [-0.25, -0.2) is 4.79 Å². The van der Waals surface area contributed by atoms with Crippen molar-refractivity contribution in [1.29, 1.82) is 0 Å². The molecule has 0 fully saturated rings. The number of hydrogen-bond donors (Lipinski definition) is 1.